The van der Waals surface area contributed by atoms with Crippen LogP contribution in [-0.4, -0.2) is 38.0 Å². The Morgan fingerprint density at radius 1 is 1.11 bits per heavy atom. The predicted octanol–water partition coefficient (Wildman–Crippen LogP) is 2.64. The molecule has 27 heavy (non-hydrogen) atoms. The Bertz CT molecular complexity index is 741. The normalized spacial score (nSPS) is 11.3. The van der Waals surface area contributed by atoms with Crippen LogP contribution < -0.4 is 16.0 Å². The van der Waals surface area contributed by atoms with Gasteiger partial charge in [0.15, 0.2) is 11.7 Å². The number of furan rings is 1. The van der Waals surface area contributed by atoms with Crippen LogP contribution in [0.4, 0.5) is 4.39 Å². The average Bonchev–Trinajstić information content (AvgIpc) is 3.09. The molecule has 0 fully saturated rings. The average molecular weight is 374 g/mol. The molecule has 0 bridgehead atoms. The molecule has 1 aromatic carbocycles. The van der Waals surface area contributed by atoms with E-state index in [-0.39, 0.29) is 11.7 Å². The van der Waals surface area contributed by atoms with Crippen molar-refractivity contribution in [1.82, 2.24) is 16.0 Å². The maximum atomic E-state index is 12.9. The lowest BCUT2D eigenvalue weighted by atomic mass is 10.1. The van der Waals surface area contributed by atoms with E-state index in [1.54, 1.807) is 18.2 Å². The van der Waals surface area contributed by atoms with Gasteiger partial charge in [-0.1, -0.05) is 12.1 Å². The lowest BCUT2D eigenvalue weighted by molar-refractivity contribution is 0.0925. The van der Waals surface area contributed by atoms with Crippen molar-refractivity contribution >= 4 is 11.9 Å². The van der Waals surface area contributed by atoms with Crippen LogP contribution in [0.1, 0.15) is 35.0 Å². The van der Waals surface area contributed by atoms with Crippen LogP contribution in [-0.2, 0) is 6.42 Å². The van der Waals surface area contributed by atoms with Gasteiger partial charge in [-0.15, -0.1) is 0 Å². The van der Waals surface area contributed by atoms with Crippen molar-refractivity contribution in [2.45, 2.75) is 26.7 Å². The van der Waals surface area contributed by atoms with Gasteiger partial charge >= 0.3 is 0 Å². The first-order valence-electron chi connectivity index (χ1n) is 9.19. The summed E-state index contributed by atoms with van der Waals surface area (Å²) in [5.74, 6) is 0.656. The third kappa shape index (κ3) is 7.13. The predicted molar refractivity (Wildman–Crippen MR) is 104 cm³/mol. The Labute approximate surface area is 159 Å². The molecule has 3 N–H and O–H groups in total. The van der Waals surface area contributed by atoms with E-state index >= 15 is 0 Å². The van der Waals surface area contributed by atoms with Crippen molar-refractivity contribution in [3.8, 4) is 0 Å². The first-order valence-corrected chi connectivity index (χ1v) is 9.19. The molecular formula is C20H27FN4O2. The van der Waals surface area contributed by atoms with E-state index in [1.165, 1.54) is 18.4 Å². The molecule has 0 aliphatic heterocycles. The highest BCUT2D eigenvalue weighted by molar-refractivity contribution is 5.92. The fraction of sp³-hybridized carbons (Fsp3) is 0.400. The van der Waals surface area contributed by atoms with E-state index in [9.17, 15) is 9.18 Å². The molecule has 0 spiro atoms. The molecule has 0 saturated heterocycles. The Hall–Kier alpha value is -2.83. The molecule has 146 valence electrons. The lowest BCUT2D eigenvalue weighted by Crippen LogP contribution is -2.38. The number of hydrogen-bond donors (Lipinski definition) is 3. The Balaban J connectivity index is 1.68. The van der Waals surface area contributed by atoms with Crippen LogP contribution in [0.2, 0.25) is 0 Å². The van der Waals surface area contributed by atoms with Crippen molar-refractivity contribution in [3.63, 3.8) is 0 Å². The highest BCUT2D eigenvalue weighted by atomic mass is 19.1. The maximum absolute atomic E-state index is 12.9. The number of carbonyl (C=O) groups is 1. The maximum Gasteiger partial charge on any atom is 0.287 e. The van der Waals surface area contributed by atoms with E-state index in [1.807, 2.05) is 13.8 Å². The van der Waals surface area contributed by atoms with Crippen molar-refractivity contribution in [2.24, 2.45) is 4.99 Å². The Morgan fingerprint density at radius 3 is 2.56 bits per heavy atom. The minimum Gasteiger partial charge on any atom is -0.459 e. The molecule has 1 amide bonds. The largest absolute Gasteiger partial charge is 0.459 e. The third-order valence-corrected chi connectivity index (χ3v) is 3.92. The minimum absolute atomic E-state index is 0.203. The molecule has 0 unspecified atom stereocenters. The van der Waals surface area contributed by atoms with Crippen molar-refractivity contribution < 1.29 is 13.6 Å². The van der Waals surface area contributed by atoms with E-state index in [4.69, 9.17) is 4.42 Å². The van der Waals surface area contributed by atoms with Crippen LogP contribution >= 0.6 is 0 Å². The molecule has 0 radical (unpaired) electrons. The van der Waals surface area contributed by atoms with E-state index in [2.05, 4.69) is 20.9 Å². The van der Waals surface area contributed by atoms with Crippen LogP contribution in [0, 0.1) is 12.7 Å². The summed E-state index contributed by atoms with van der Waals surface area (Å²) in [6.07, 6.45) is 3.01. The minimum atomic E-state index is -0.226. The Morgan fingerprint density at radius 2 is 1.89 bits per heavy atom. The molecule has 0 aliphatic carbocycles. The topological polar surface area (TPSA) is 78.7 Å². The molecule has 7 heteroatoms. The monoisotopic (exact) mass is 374 g/mol. The van der Waals surface area contributed by atoms with Gasteiger partial charge in [0.2, 0.25) is 0 Å². The first-order chi connectivity index (χ1) is 13.1. The number of amides is 1. The van der Waals surface area contributed by atoms with Crippen LogP contribution in [0.5, 0.6) is 0 Å². The number of nitrogens with zero attached hydrogens (tertiary/aromatic N) is 1. The van der Waals surface area contributed by atoms with E-state index < -0.39 is 0 Å². The molecule has 0 saturated carbocycles. The number of hydrogen-bond acceptors (Lipinski definition) is 3. The van der Waals surface area contributed by atoms with Crippen molar-refractivity contribution in [3.05, 3.63) is 59.3 Å². The van der Waals surface area contributed by atoms with Gasteiger partial charge in [-0.2, -0.15) is 0 Å². The SMILES string of the molecule is CCNC(=NCCCNC(=O)c1occc1C)NCCc1ccc(F)cc1. The smallest absolute Gasteiger partial charge is 0.287 e. The van der Waals surface area contributed by atoms with Gasteiger partial charge in [-0.25, -0.2) is 4.39 Å². The number of nitrogens with one attached hydrogen (secondary N) is 3. The number of aliphatic imine (C=N–C) groups is 1. The summed E-state index contributed by atoms with van der Waals surface area (Å²) in [7, 11) is 0. The lowest BCUT2D eigenvalue weighted by Gasteiger charge is -2.11. The van der Waals surface area contributed by atoms with Gasteiger partial charge in [0, 0.05) is 31.7 Å². The van der Waals surface area contributed by atoms with Gasteiger partial charge in [-0.3, -0.25) is 9.79 Å². The fourth-order valence-corrected chi connectivity index (χ4v) is 2.48. The van der Waals surface area contributed by atoms with Crippen LogP contribution in [0.15, 0.2) is 46.0 Å². The highest BCUT2D eigenvalue weighted by Gasteiger charge is 2.11. The first kappa shape index (κ1) is 20.5. The summed E-state index contributed by atoms with van der Waals surface area (Å²) >= 11 is 0. The number of benzene rings is 1. The molecule has 6 nitrogen and oxygen atoms in total. The van der Waals surface area contributed by atoms with E-state index in [0.717, 1.165) is 36.5 Å². The van der Waals surface area contributed by atoms with Gasteiger partial charge < -0.3 is 20.4 Å². The van der Waals surface area contributed by atoms with Gasteiger partial charge in [0.25, 0.3) is 5.91 Å². The van der Waals surface area contributed by atoms with Gasteiger partial charge in [0.05, 0.1) is 6.26 Å². The molecule has 2 aromatic rings. The molecule has 1 heterocycles. The Kier molecular flexibility index (Phi) is 8.35. The zero-order valence-corrected chi connectivity index (χ0v) is 15.8. The summed E-state index contributed by atoms with van der Waals surface area (Å²) < 4.78 is 18.1. The summed E-state index contributed by atoms with van der Waals surface area (Å²) in [4.78, 5) is 16.4. The summed E-state index contributed by atoms with van der Waals surface area (Å²) in [5, 5.41) is 9.27. The van der Waals surface area contributed by atoms with E-state index in [0.29, 0.717) is 25.4 Å². The fourth-order valence-electron chi connectivity index (χ4n) is 2.48. The zero-order valence-electron chi connectivity index (χ0n) is 15.8. The molecule has 0 atom stereocenters. The molecule has 0 aliphatic rings. The second-order valence-electron chi connectivity index (χ2n) is 6.11. The number of halogens is 1. The van der Waals surface area contributed by atoms with Gasteiger partial charge in [0.1, 0.15) is 5.82 Å². The van der Waals surface area contributed by atoms with Crippen molar-refractivity contribution in [1.29, 1.82) is 0 Å². The van der Waals surface area contributed by atoms with Crippen molar-refractivity contribution in [2.75, 3.05) is 26.2 Å². The second-order valence-corrected chi connectivity index (χ2v) is 6.11. The number of guanidine groups is 1. The van der Waals surface area contributed by atoms with Crippen LogP contribution in [0.3, 0.4) is 0 Å². The molecular weight excluding hydrogens is 347 g/mol. The summed E-state index contributed by atoms with van der Waals surface area (Å²) in [6, 6.07) is 8.26. The zero-order chi connectivity index (χ0) is 19.5. The number of carbonyl (C=O) groups excluding carboxylic acids is 1. The summed E-state index contributed by atoms with van der Waals surface area (Å²) in [6.45, 7) is 6.41. The van der Waals surface area contributed by atoms with Gasteiger partial charge in [-0.05, 0) is 50.5 Å². The second kappa shape index (κ2) is 11.0. The highest BCUT2D eigenvalue weighted by Crippen LogP contribution is 2.07. The summed E-state index contributed by atoms with van der Waals surface area (Å²) in [5.41, 5.74) is 1.89. The van der Waals surface area contributed by atoms with Crippen LogP contribution in [0.25, 0.3) is 0 Å². The number of rotatable bonds is 9. The molecule has 1 aromatic heterocycles. The third-order valence-electron chi connectivity index (χ3n) is 3.92. The standard InChI is InChI=1S/C20H27FN4O2/c1-3-22-20(25-13-9-16-5-7-17(21)8-6-16)24-12-4-11-23-19(26)18-15(2)10-14-27-18/h5-8,10,14H,3-4,9,11-13H2,1-2H3,(H,23,26)(H2,22,24,25). The molecule has 2 rings (SSSR count). The quantitative estimate of drug-likeness (QED) is 0.358. The number of aryl methyl sites for hydroxylation is 1.